The van der Waals surface area contributed by atoms with Crippen molar-refractivity contribution in [2.75, 3.05) is 0 Å². The zero-order chi connectivity index (χ0) is 21.3. The van der Waals surface area contributed by atoms with Gasteiger partial charge in [0.15, 0.2) is 0 Å². The van der Waals surface area contributed by atoms with E-state index in [1.165, 1.54) is 96.3 Å². The molecule has 0 aromatic carbocycles. The van der Waals surface area contributed by atoms with Crippen LogP contribution in [0.4, 0.5) is 0 Å². The lowest BCUT2D eigenvalue weighted by Crippen LogP contribution is -2.04. The summed E-state index contributed by atoms with van der Waals surface area (Å²) in [7, 11) is 0. The van der Waals surface area contributed by atoms with Gasteiger partial charge in [-0.05, 0) is 25.7 Å². The normalized spacial score (nSPS) is 13.1. The van der Waals surface area contributed by atoms with Crippen molar-refractivity contribution in [3.63, 3.8) is 0 Å². The van der Waals surface area contributed by atoms with Crippen LogP contribution >= 0.6 is 0 Å². The van der Waals surface area contributed by atoms with Gasteiger partial charge in [-0.1, -0.05) is 130 Å². The largest absolute Gasteiger partial charge is 0.393 e. The van der Waals surface area contributed by atoms with E-state index < -0.39 is 0 Å². The smallest absolute Gasteiger partial charge is 0.0540 e. The second kappa shape index (κ2) is 26.9. The SMILES string of the molecule is CCCCCCCCCC(O)CCC.CCCCCCCCCCC(O)CC. The van der Waals surface area contributed by atoms with Gasteiger partial charge in [0.05, 0.1) is 12.2 Å². The topological polar surface area (TPSA) is 40.5 Å². The molecule has 0 saturated heterocycles. The van der Waals surface area contributed by atoms with E-state index >= 15 is 0 Å². The minimum absolute atomic E-state index is 0.0318. The van der Waals surface area contributed by atoms with Crippen LogP contribution in [0.15, 0.2) is 0 Å². The number of hydrogen-bond acceptors (Lipinski definition) is 2. The number of rotatable bonds is 20. The van der Waals surface area contributed by atoms with Gasteiger partial charge in [0, 0.05) is 0 Å². The van der Waals surface area contributed by atoms with Gasteiger partial charge in [0.1, 0.15) is 0 Å². The third kappa shape index (κ3) is 28.1. The molecule has 2 atom stereocenters. The molecule has 0 aliphatic rings. The Hall–Kier alpha value is -0.0800. The summed E-state index contributed by atoms with van der Waals surface area (Å²) in [5.41, 5.74) is 0. The minimum atomic E-state index is -0.0462. The second-order valence-electron chi connectivity index (χ2n) is 8.68. The van der Waals surface area contributed by atoms with Crippen molar-refractivity contribution in [3.05, 3.63) is 0 Å². The predicted molar refractivity (Wildman–Crippen MR) is 127 cm³/mol. The third-order valence-electron chi connectivity index (χ3n) is 5.62. The highest BCUT2D eigenvalue weighted by Crippen LogP contribution is 2.12. The Morgan fingerprint density at radius 2 is 0.750 bits per heavy atom. The molecular weight excluding hydrogens is 344 g/mol. The quantitative estimate of drug-likeness (QED) is 0.201. The maximum atomic E-state index is 9.49. The molecule has 0 saturated carbocycles. The van der Waals surface area contributed by atoms with E-state index in [1.807, 2.05) is 0 Å². The summed E-state index contributed by atoms with van der Waals surface area (Å²) in [6, 6.07) is 0. The fourth-order valence-electron chi connectivity index (χ4n) is 3.53. The van der Waals surface area contributed by atoms with Crippen molar-refractivity contribution in [2.45, 2.75) is 168 Å². The van der Waals surface area contributed by atoms with Crippen molar-refractivity contribution < 1.29 is 10.2 Å². The number of aliphatic hydroxyl groups is 2. The Morgan fingerprint density at radius 1 is 0.393 bits per heavy atom. The molecule has 2 nitrogen and oxygen atoms in total. The van der Waals surface area contributed by atoms with Crippen LogP contribution < -0.4 is 0 Å². The summed E-state index contributed by atoms with van der Waals surface area (Å²) in [6.45, 7) is 8.69. The van der Waals surface area contributed by atoms with Gasteiger partial charge >= 0.3 is 0 Å². The second-order valence-corrected chi connectivity index (χ2v) is 8.68. The van der Waals surface area contributed by atoms with Crippen LogP contribution in [0.2, 0.25) is 0 Å². The van der Waals surface area contributed by atoms with Crippen molar-refractivity contribution in [1.29, 1.82) is 0 Å². The van der Waals surface area contributed by atoms with Crippen molar-refractivity contribution in [2.24, 2.45) is 0 Å². The number of aliphatic hydroxyl groups excluding tert-OH is 2. The van der Waals surface area contributed by atoms with E-state index in [2.05, 4.69) is 27.7 Å². The molecule has 0 amide bonds. The molecule has 2 N–H and O–H groups in total. The van der Waals surface area contributed by atoms with Crippen LogP contribution in [-0.2, 0) is 0 Å². The van der Waals surface area contributed by atoms with Crippen LogP contribution in [0.3, 0.4) is 0 Å². The molecular formula is C26H56O2. The average molecular weight is 401 g/mol. The number of hydrogen-bond donors (Lipinski definition) is 2. The van der Waals surface area contributed by atoms with Gasteiger partial charge in [-0.15, -0.1) is 0 Å². The summed E-state index contributed by atoms with van der Waals surface area (Å²) in [5, 5.41) is 18.8. The van der Waals surface area contributed by atoms with E-state index in [4.69, 9.17) is 0 Å². The average Bonchev–Trinajstić information content (AvgIpc) is 2.70. The standard InChI is InChI=1S/2C13H28O/c1-3-5-6-7-8-9-10-11-12-13(14)4-2;1-3-5-6-7-8-9-10-12-13(14)11-4-2/h2*13-14H,3-12H2,1-2H3. The van der Waals surface area contributed by atoms with Crippen LogP contribution in [-0.4, -0.2) is 22.4 Å². The van der Waals surface area contributed by atoms with Crippen LogP contribution in [0.1, 0.15) is 156 Å². The molecule has 0 radical (unpaired) electrons. The molecule has 0 aliphatic heterocycles. The first kappa shape index (κ1) is 30.1. The van der Waals surface area contributed by atoms with Crippen LogP contribution in [0.25, 0.3) is 0 Å². The maximum Gasteiger partial charge on any atom is 0.0540 e. The molecule has 0 spiro atoms. The van der Waals surface area contributed by atoms with Gasteiger partial charge in [0.2, 0.25) is 0 Å². The summed E-state index contributed by atoms with van der Waals surface area (Å²) in [5.74, 6) is 0. The monoisotopic (exact) mass is 400 g/mol. The maximum absolute atomic E-state index is 9.49. The predicted octanol–water partition coefficient (Wildman–Crippen LogP) is 8.58. The molecule has 0 aliphatic carbocycles. The Balaban J connectivity index is 0. The van der Waals surface area contributed by atoms with Gasteiger partial charge in [-0.3, -0.25) is 0 Å². The van der Waals surface area contributed by atoms with E-state index in [1.54, 1.807) is 0 Å². The van der Waals surface area contributed by atoms with E-state index in [0.717, 1.165) is 32.1 Å². The van der Waals surface area contributed by atoms with Gasteiger partial charge in [-0.2, -0.15) is 0 Å². The lowest BCUT2D eigenvalue weighted by atomic mass is 10.0. The first-order chi connectivity index (χ1) is 13.6. The zero-order valence-electron chi connectivity index (χ0n) is 20.2. The zero-order valence-corrected chi connectivity index (χ0v) is 20.2. The Labute approximate surface area is 178 Å². The Bertz CT molecular complexity index is 255. The molecule has 0 bridgehead atoms. The van der Waals surface area contributed by atoms with Crippen molar-refractivity contribution in [1.82, 2.24) is 0 Å². The van der Waals surface area contributed by atoms with Crippen molar-refractivity contribution in [3.8, 4) is 0 Å². The molecule has 0 aromatic rings. The first-order valence-electron chi connectivity index (χ1n) is 13.0. The number of unbranched alkanes of at least 4 members (excludes halogenated alkanes) is 13. The highest BCUT2D eigenvalue weighted by atomic mass is 16.3. The molecule has 0 aromatic heterocycles. The summed E-state index contributed by atoms with van der Waals surface area (Å²) >= 11 is 0. The van der Waals surface area contributed by atoms with Crippen molar-refractivity contribution >= 4 is 0 Å². The fourth-order valence-corrected chi connectivity index (χ4v) is 3.53. The highest BCUT2D eigenvalue weighted by Gasteiger charge is 2.01. The molecule has 0 rings (SSSR count). The summed E-state index contributed by atoms with van der Waals surface area (Å²) in [4.78, 5) is 0. The highest BCUT2D eigenvalue weighted by molar-refractivity contribution is 4.55. The lowest BCUT2D eigenvalue weighted by molar-refractivity contribution is 0.150. The van der Waals surface area contributed by atoms with Gasteiger partial charge < -0.3 is 10.2 Å². The molecule has 28 heavy (non-hydrogen) atoms. The summed E-state index contributed by atoms with van der Waals surface area (Å²) < 4.78 is 0. The molecule has 172 valence electrons. The lowest BCUT2D eigenvalue weighted by Gasteiger charge is -2.08. The molecule has 2 heteroatoms. The van der Waals surface area contributed by atoms with Crippen LogP contribution in [0, 0.1) is 0 Å². The van der Waals surface area contributed by atoms with E-state index in [9.17, 15) is 10.2 Å². The molecule has 0 fully saturated rings. The van der Waals surface area contributed by atoms with Crippen LogP contribution in [0.5, 0.6) is 0 Å². The first-order valence-corrected chi connectivity index (χ1v) is 13.0. The van der Waals surface area contributed by atoms with E-state index in [0.29, 0.717) is 0 Å². The summed E-state index contributed by atoms with van der Waals surface area (Å²) in [6.07, 6.45) is 25.2. The molecule has 2 unspecified atom stereocenters. The third-order valence-corrected chi connectivity index (χ3v) is 5.62. The Morgan fingerprint density at radius 3 is 1.11 bits per heavy atom. The Kier molecular flexibility index (Phi) is 29.0. The van der Waals surface area contributed by atoms with Gasteiger partial charge in [-0.25, -0.2) is 0 Å². The molecule has 0 heterocycles. The van der Waals surface area contributed by atoms with Gasteiger partial charge in [0.25, 0.3) is 0 Å². The van der Waals surface area contributed by atoms with E-state index in [-0.39, 0.29) is 12.2 Å². The fraction of sp³-hybridized carbons (Fsp3) is 1.00. The minimum Gasteiger partial charge on any atom is -0.393 e.